The fraction of sp³-hybridized carbons (Fsp3) is 0.519. The lowest BCUT2D eigenvalue weighted by Gasteiger charge is -2.31. The Labute approximate surface area is 211 Å². The maximum Gasteiger partial charge on any atom is 0.331 e. The molecule has 9 heteroatoms. The molecule has 4 rings (SSSR count). The number of esters is 1. The summed E-state index contributed by atoms with van der Waals surface area (Å²) in [7, 11) is 1.37. The number of rotatable bonds is 8. The normalized spacial score (nSPS) is 24.7. The third-order valence-electron chi connectivity index (χ3n) is 6.60. The molecule has 36 heavy (non-hydrogen) atoms. The number of aromatic nitrogens is 1. The molecular formula is C27H34N2O7. The van der Waals surface area contributed by atoms with Gasteiger partial charge in [-0.2, -0.15) is 0 Å². The number of pyridine rings is 1. The zero-order chi connectivity index (χ0) is 25.7. The Kier molecular flexibility index (Phi) is 8.43. The number of aryl methyl sites for hydroxylation is 1. The van der Waals surface area contributed by atoms with Gasteiger partial charge in [0, 0.05) is 24.8 Å². The molecule has 1 aliphatic carbocycles. The van der Waals surface area contributed by atoms with Crippen molar-refractivity contribution < 1.29 is 33.6 Å². The molecule has 1 saturated carbocycles. The van der Waals surface area contributed by atoms with Gasteiger partial charge in [0.1, 0.15) is 6.10 Å². The Morgan fingerprint density at radius 2 is 1.94 bits per heavy atom. The van der Waals surface area contributed by atoms with Crippen LogP contribution in [0, 0.1) is 18.8 Å². The van der Waals surface area contributed by atoms with E-state index in [1.807, 2.05) is 13.8 Å². The van der Waals surface area contributed by atoms with Gasteiger partial charge in [0.05, 0.1) is 26.4 Å². The number of nitrogens with one attached hydrogen (secondary N) is 1. The van der Waals surface area contributed by atoms with Crippen molar-refractivity contribution in [3.05, 3.63) is 53.3 Å². The van der Waals surface area contributed by atoms with Gasteiger partial charge < -0.3 is 29.4 Å². The number of ether oxygens (including phenoxy) is 4. The predicted octanol–water partition coefficient (Wildman–Crippen LogP) is 2.82. The monoisotopic (exact) mass is 498 g/mol. The maximum absolute atomic E-state index is 13.0. The van der Waals surface area contributed by atoms with Crippen LogP contribution in [0.5, 0.6) is 11.5 Å². The number of benzene rings is 1. The van der Waals surface area contributed by atoms with Gasteiger partial charge in [-0.1, -0.05) is 29.8 Å². The molecule has 1 aromatic heterocycles. The van der Waals surface area contributed by atoms with Crippen LogP contribution in [-0.2, 0) is 25.4 Å². The van der Waals surface area contributed by atoms with E-state index in [2.05, 4.69) is 34.6 Å². The van der Waals surface area contributed by atoms with Crippen LogP contribution >= 0.6 is 0 Å². The Hall–Kier alpha value is -3.17. The van der Waals surface area contributed by atoms with E-state index in [1.165, 1.54) is 24.9 Å². The van der Waals surface area contributed by atoms with Crippen LogP contribution in [0.2, 0.25) is 0 Å². The summed E-state index contributed by atoms with van der Waals surface area (Å²) in [6.07, 6.45) is 3.45. The quantitative estimate of drug-likeness (QED) is 0.534. The minimum atomic E-state index is -1.07. The molecule has 0 spiro atoms. The van der Waals surface area contributed by atoms with Gasteiger partial charge in [0.15, 0.2) is 23.2 Å². The topological polar surface area (TPSA) is 116 Å². The van der Waals surface area contributed by atoms with E-state index in [0.717, 1.165) is 18.4 Å². The third kappa shape index (κ3) is 6.53. The largest absolute Gasteiger partial charge is 0.503 e. The fourth-order valence-electron chi connectivity index (χ4n) is 4.32. The molecular weight excluding hydrogens is 464 g/mol. The summed E-state index contributed by atoms with van der Waals surface area (Å²) in [4.78, 5) is 29.8. The van der Waals surface area contributed by atoms with Gasteiger partial charge in [-0.05, 0) is 44.6 Å². The standard InChI is InChI=1S/C27H34N2O7/c1-16-4-6-18(7-5-16)12-20-14-34-15-21(27(32)36-17(2)25(20)35-13-19-8-9-19)29-26(31)23-24(30)22(33-3)10-11-28-23/h4-7,10-11,17,19-21,25,30H,8-9,12-15H2,1-3H3,(H,29,31). The van der Waals surface area contributed by atoms with Crippen LogP contribution in [0.15, 0.2) is 36.5 Å². The molecule has 4 unspecified atom stereocenters. The van der Waals surface area contributed by atoms with Crippen molar-refractivity contribution >= 4 is 11.9 Å². The van der Waals surface area contributed by atoms with Gasteiger partial charge in [-0.15, -0.1) is 0 Å². The first-order chi connectivity index (χ1) is 17.4. The van der Waals surface area contributed by atoms with E-state index >= 15 is 0 Å². The van der Waals surface area contributed by atoms with Crippen LogP contribution in [0.1, 0.15) is 41.4 Å². The predicted molar refractivity (Wildman–Crippen MR) is 131 cm³/mol. The average Bonchev–Trinajstić information content (AvgIpc) is 3.68. The van der Waals surface area contributed by atoms with Crippen LogP contribution in [-0.4, -0.2) is 67.1 Å². The van der Waals surface area contributed by atoms with Gasteiger partial charge in [0.2, 0.25) is 0 Å². The molecule has 9 nitrogen and oxygen atoms in total. The summed E-state index contributed by atoms with van der Waals surface area (Å²) in [5.74, 6) is -1.17. The second-order valence-corrected chi connectivity index (χ2v) is 9.61. The summed E-state index contributed by atoms with van der Waals surface area (Å²) in [5.41, 5.74) is 2.08. The van der Waals surface area contributed by atoms with Crippen molar-refractivity contribution in [3.63, 3.8) is 0 Å². The number of nitrogens with zero attached hydrogens (tertiary/aromatic N) is 1. The molecule has 0 radical (unpaired) electrons. The number of hydrogen-bond acceptors (Lipinski definition) is 8. The zero-order valence-electron chi connectivity index (χ0n) is 20.9. The van der Waals surface area contributed by atoms with E-state index < -0.39 is 29.8 Å². The van der Waals surface area contributed by atoms with Crippen molar-refractivity contribution in [1.29, 1.82) is 0 Å². The average molecular weight is 499 g/mol. The third-order valence-corrected chi connectivity index (χ3v) is 6.60. The Morgan fingerprint density at radius 3 is 2.64 bits per heavy atom. The highest BCUT2D eigenvalue weighted by Crippen LogP contribution is 2.32. The molecule has 2 N–H and O–H groups in total. The zero-order valence-corrected chi connectivity index (χ0v) is 20.9. The SMILES string of the molecule is COc1ccnc(C(=O)NC2COCC(Cc3ccc(C)cc3)C(OCC3CC3)C(C)OC2=O)c1O. The Bertz CT molecular complexity index is 1050. The lowest BCUT2D eigenvalue weighted by atomic mass is 9.91. The van der Waals surface area contributed by atoms with Crippen molar-refractivity contribution in [3.8, 4) is 11.5 Å². The molecule has 1 aromatic carbocycles. The first-order valence-electron chi connectivity index (χ1n) is 12.3. The lowest BCUT2D eigenvalue weighted by molar-refractivity contribution is -0.160. The van der Waals surface area contributed by atoms with Crippen molar-refractivity contribution in [1.82, 2.24) is 10.3 Å². The van der Waals surface area contributed by atoms with E-state index in [0.29, 0.717) is 25.6 Å². The molecule has 2 fully saturated rings. The summed E-state index contributed by atoms with van der Waals surface area (Å²) >= 11 is 0. The van der Waals surface area contributed by atoms with Crippen LogP contribution in [0.3, 0.4) is 0 Å². The molecule has 2 aromatic rings. The fourth-order valence-corrected chi connectivity index (χ4v) is 4.32. The molecule has 4 atom stereocenters. The van der Waals surface area contributed by atoms with Gasteiger partial charge >= 0.3 is 5.97 Å². The molecule has 0 bridgehead atoms. The van der Waals surface area contributed by atoms with Crippen molar-refractivity contribution in [2.45, 2.75) is 51.4 Å². The maximum atomic E-state index is 13.0. The highest BCUT2D eigenvalue weighted by atomic mass is 16.6. The summed E-state index contributed by atoms with van der Waals surface area (Å²) < 4.78 is 23.1. The minimum absolute atomic E-state index is 0.0483. The molecule has 1 amide bonds. The number of cyclic esters (lactones) is 1. The second-order valence-electron chi connectivity index (χ2n) is 9.61. The molecule has 1 saturated heterocycles. The van der Waals surface area contributed by atoms with Crippen molar-refractivity contribution in [2.24, 2.45) is 11.8 Å². The van der Waals surface area contributed by atoms with Crippen LogP contribution in [0.4, 0.5) is 0 Å². The number of carbonyl (C=O) groups is 2. The smallest absolute Gasteiger partial charge is 0.331 e. The summed E-state index contributed by atoms with van der Waals surface area (Å²) in [5, 5.41) is 12.8. The minimum Gasteiger partial charge on any atom is -0.503 e. The molecule has 2 heterocycles. The van der Waals surface area contributed by atoms with Crippen LogP contribution < -0.4 is 10.1 Å². The van der Waals surface area contributed by atoms with E-state index in [-0.39, 0.29) is 30.1 Å². The van der Waals surface area contributed by atoms with E-state index in [9.17, 15) is 14.7 Å². The number of methoxy groups -OCH3 is 1. The number of hydrogen-bond donors (Lipinski definition) is 2. The summed E-state index contributed by atoms with van der Waals surface area (Å²) in [6.45, 7) is 4.74. The highest BCUT2D eigenvalue weighted by Gasteiger charge is 2.37. The second kappa shape index (κ2) is 11.7. The van der Waals surface area contributed by atoms with E-state index in [1.54, 1.807) is 0 Å². The lowest BCUT2D eigenvalue weighted by Crippen LogP contribution is -2.46. The number of aromatic hydroxyl groups is 1. The molecule has 2 aliphatic rings. The van der Waals surface area contributed by atoms with Gasteiger partial charge in [0.25, 0.3) is 5.91 Å². The first kappa shape index (κ1) is 25.9. The molecule has 194 valence electrons. The molecule has 1 aliphatic heterocycles. The number of amides is 1. The Balaban J connectivity index is 1.49. The highest BCUT2D eigenvalue weighted by molar-refractivity contribution is 5.98. The van der Waals surface area contributed by atoms with Gasteiger partial charge in [-0.25, -0.2) is 9.78 Å². The van der Waals surface area contributed by atoms with Gasteiger partial charge in [-0.3, -0.25) is 4.79 Å². The summed E-state index contributed by atoms with van der Waals surface area (Å²) in [6, 6.07) is 8.68. The van der Waals surface area contributed by atoms with E-state index in [4.69, 9.17) is 18.9 Å². The number of carbonyl (C=O) groups excluding carboxylic acids is 2. The Morgan fingerprint density at radius 1 is 1.19 bits per heavy atom. The van der Waals surface area contributed by atoms with Crippen LogP contribution in [0.25, 0.3) is 0 Å². The first-order valence-corrected chi connectivity index (χ1v) is 12.3. The van der Waals surface area contributed by atoms with Crippen molar-refractivity contribution in [2.75, 3.05) is 26.9 Å².